The van der Waals surface area contributed by atoms with Gasteiger partial charge in [0.15, 0.2) is 0 Å². The van der Waals surface area contributed by atoms with Crippen molar-refractivity contribution in [2.24, 2.45) is 5.41 Å². The van der Waals surface area contributed by atoms with Crippen molar-refractivity contribution in [1.29, 1.82) is 0 Å². The molecular weight excluding hydrogens is 423 g/mol. The summed E-state index contributed by atoms with van der Waals surface area (Å²) < 4.78 is 13.3. The third-order valence-electron chi connectivity index (χ3n) is 7.21. The molecule has 0 radical (unpaired) electrons. The first-order valence-electron chi connectivity index (χ1n) is 11.4. The van der Waals surface area contributed by atoms with Gasteiger partial charge in [-0.1, -0.05) is 67.6 Å². The van der Waals surface area contributed by atoms with E-state index in [1.807, 2.05) is 55.5 Å². The molecule has 0 saturated heterocycles. The van der Waals surface area contributed by atoms with Crippen molar-refractivity contribution in [1.82, 2.24) is 0 Å². The maximum atomic E-state index is 13.3. The second-order valence-electron chi connectivity index (χ2n) is 9.43. The number of allylic oxidation sites excluding steroid dienone is 6. The smallest absolute Gasteiger partial charge is 0.0905 e. The Morgan fingerprint density at radius 2 is 1.32 bits per heavy atom. The quantitative estimate of drug-likeness (QED) is 0.378. The van der Waals surface area contributed by atoms with Crippen LogP contribution in [-0.2, 0) is 5.41 Å². The van der Waals surface area contributed by atoms with Gasteiger partial charge in [0, 0.05) is 5.41 Å². The van der Waals surface area contributed by atoms with Crippen LogP contribution in [0.5, 0.6) is 0 Å². The fraction of sp³-hybridized carbons (Fsp3) is 0.172. The molecule has 8 N–H and O–H groups in total. The molecule has 172 valence electrons. The van der Waals surface area contributed by atoms with Crippen LogP contribution in [0.25, 0.3) is 11.1 Å². The summed E-state index contributed by atoms with van der Waals surface area (Å²) in [6, 6.07) is 18.1. The average Bonchev–Trinajstić information content (AvgIpc) is 2.93. The van der Waals surface area contributed by atoms with Gasteiger partial charge in [0.05, 0.1) is 34.8 Å². The van der Waals surface area contributed by atoms with Gasteiger partial charge in [-0.15, -0.1) is 0 Å². The van der Waals surface area contributed by atoms with E-state index in [2.05, 4.69) is 36.4 Å². The summed E-state index contributed by atoms with van der Waals surface area (Å²) in [4.78, 5) is 0. The maximum absolute atomic E-state index is 13.3. The molecule has 3 aromatic carbocycles. The topological polar surface area (TPSA) is 104 Å². The lowest BCUT2D eigenvalue weighted by Crippen LogP contribution is -2.29. The lowest BCUT2D eigenvalue weighted by atomic mass is 9.66. The van der Waals surface area contributed by atoms with Crippen molar-refractivity contribution >= 4 is 22.7 Å². The van der Waals surface area contributed by atoms with Gasteiger partial charge in [-0.2, -0.15) is 0 Å². The third-order valence-corrected chi connectivity index (χ3v) is 7.21. The Hall–Kier alpha value is -3.99. The highest BCUT2D eigenvalue weighted by Gasteiger charge is 2.47. The van der Waals surface area contributed by atoms with E-state index in [4.69, 9.17) is 22.9 Å². The van der Waals surface area contributed by atoms with E-state index < -0.39 is 5.41 Å². The van der Waals surface area contributed by atoms with E-state index in [-0.39, 0.29) is 12.1 Å². The highest BCUT2D eigenvalue weighted by atomic mass is 19.1. The number of benzene rings is 3. The Bertz CT molecular complexity index is 1310. The van der Waals surface area contributed by atoms with Gasteiger partial charge < -0.3 is 22.9 Å². The van der Waals surface area contributed by atoms with Crippen LogP contribution < -0.4 is 22.9 Å². The minimum atomic E-state index is -0.697. The zero-order chi connectivity index (χ0) is 24.1. The zero-order valence-corrected chi connectivity index (χ0v) is 19.2. The van der Waals surface area contributed by atoms with E-state index in [1.165, 1.54) is 0 Å². The average molecular weight is 453 g/mol. The number of rotatable bonds is 4. The van der Waals surface area contributed by atoms with Gasteiger partial charge in [0.2, 0.25) is 0 Å². The molecule has 0 heterocycles. The van der Waals surface area contributed by atoms with Crippen LogP contribution in [0.4, 0.5) is 27.1 Å². The standard InChI is InChI=1S/C29H29FN4/c1-28(12-13-30)10-5-8-19(9-11-28)29(18-6-3-2-4-7-18)22-16-26(33)24(31)14-20(22)21-15-25(32)27(34)17-23(21)29/h2-11,14-17H,12-13,31-34H2,1H3. The molecule has 2 aliphatic carbocycles. The molecule has 4 nitrogen and oxygen atoms in total. The molecule has 1 unspecified atom stereocenters. The first-order valence-corrected chi connectivity index (χ1v) is 11.4. The van der Waals surface area contributed by atoms with Gasteiger partial charge in [-0.3, -0.25) is 4.39 Å². The van der Waals surface area contributed by atoms with E-state index in [0.29, 0.717) is 29.2 Å². The number of hydrogen-bond acceptors (Lipinski definition) is 4. The molecule has 0 fully saturated rings. The first-order chi connectivity index (χ1) is 16.3. The molecular formula is C29H29FN4. The first kappa shape index (κ1) is 21.8. The van der Waals surface area contributed by atoms with Crippen molar-refractivity contribution in [3.63, 3.8) is 0 Å². The van der Waals surface area contributed by atoms with E-state index in [9.17, 15) is 4.39 Å². The van der Waals surface area contributed by atoms with Crippen molar-refractivity contribution in [2.45, 2.75) is 18.8 Å². The number of hydrogen-bond donors (Lipinski definition) is 4. The summed E-state index contributed by atoms with van der Waals surface area (Å²) in [6.45, 7) is 1.65. The van der Waals surface area contributed by atoms with Gasteiger partial charge in [0.25, 0.3) is 0 Å². The molecule has 0 saturated carbocycles. The van der Waals surface area contributed by atoms with Crippen molar-refractivity contribution in [3.8, 4) is 11.1 Å². The predicted molar refractivity (Wildman–Crippen MR) is 141 cm³/mol. The number of nitrogen functional groups attached to an aromatic ring is 4. The van der Waals surface area contributed by atoms with Gasteiger partial charge in [-0.05, 0) is 64.1 Å². The predicted octanol–water partition coefficient (Wildman–Crippen LogP) is 5.75. The molecule has 0 aromatic heterocycles. The van der Waals surface area contributed by atoms with Gasteiger partial charge >= 0.3 is 0 Å². The van der Waals surface area contributed by atoms with Crippen LogP contribution in [-0.4, -0.2) is 6.67 Å². The lowest BCUT2D eigenvalue weighted by Gasteiger charge is -2.35. The lowest BCUT2D eigenvalue weighted by molar-refractivity contribution is 0.384. The largest absolute Gasteiger partial charge is 0.397 e. The minimum Gasteiger partial charge on any atom is -0.397 e. The molecule has 3 aromatic rings. The van der Waals surface area contributed by atoms with E-state index in [1.54, 1.807) is 0 Å². The second kappa shape index (κ2) is 7.80. The fourth-order valence-corrected chi connectivity index (χ4v) is 5.34. The number of nitrogens with two attached hydrogens (primary N) is 4. The molecule has 5 heteroatoms. The molecule has 0 bridgehead atoms. The van der Waals surface area contributed by atoms with Gasteiger partial charge in [0.1, 0.15) is 0 Å². The molecule has 1 atom stereocenters. The normalized spacial score (nSPS) is 19.9. The zero-order valence-electron chi connectivity index (χ0n) is 19.2. The highest BCUT2D eigenvalue weighted by Crippen LogP contribution is 2.59. The Balaban J connectivity index is 1.90. The fourth-order valence-electron chi connectivity index (χ4n) is 5.34. The Kier molecular flexibility index (Phi) is 5.01. The van der Waals surface area contributed by atoms with Crippen LogP contribution in [0.2, 0.25) is 0 Å². The number of anilines is 4. The van der Waals surface area contributed by atoms with Crippen molar-refractivity contribution < 1.29 is 4.39 Å². The molecule has 5 rings (SSSR count). The van der Waals surface area contributed by atoms with Crippen molar-refractivity contribution in [2.75, 3.05) is 29.6 Å². The van der Waals surface area contributed by atoms with Crippen LogP contribution in [0.1, 0.15) is 30.0 Å². The Morgan fingerprint density at radius 1 is 0.765 bits per heavy atom. The van der Waals surface area contributed by atoms with Crippen LogP contribution in [0.3, 0.4) is 0 Å². The summed E-state index contributed by atoms with van der Waals surface area (Å²) >= 11 is 0. The van der Waals surface area contributed by atoms with Crippen LogP contribution >= 0.6 is 0 Å². The van der Waals surface area contributed by atoms with Crippen molar-refractivity contribution in [3.05, 3.63) is 107 Å². The summed E-state index contributed by atoms with van der Waals surface area (Å²) in [5.74, 6) is 0. The second-order valence-corrected chi connectivity index (χ2v) is 9.43. The Labute approximate surface area is 199 Å². The Morgan fingerprint density at radius 3 is 1.88 bits per heavy atom. The van der Waals surface area contributed by atoms with Crippen LogP contribution in [0.15, 0.2) is 90.6 Å². The third kappa shape index (κ3) is 3.11. The summed E-state index contributed by atoms with van der Waals surface area (Å²) in [5.41, 5.74) is 32.3. The summed E-state index contributed by atoms with van der Waals surface area (Å²) in [5, 5.41) is 0. The van der Waals surface area contributed by atoms with E-state index >= 15 is 0 Å². The summed E-state index contributed by atoms with van der Waals surface area (Å²) in [7, 11) is 0. The number of alkyl halides is 1. The summed E-state index contributed by atoms with van der Waals surface area (Å²) in [6.07, 6.45) is 10.8. The monoisotopic (exact) mass is 452 g/mol. The molecule has 0 spiro atoms. The maximum Gasteiger partial charge on any atom is 0.0905 e. The number of fused-ring (bicyclic) bond motifs is 3. The SMILES string of the molecule is CC1(CCF)C=CC=C(C2(c3ccccc3)c3cc(N)c(N)cc3-c3cc(N)c(N)cc32)C=C1. The van der Waals surface area contributed by atoms with Gasteiger partial charge in [-0.25, -0.2) is 0 Å². The molecule has 0 aliphatic heterocycles. The highest BCUT2D eigenvalue weighted by molar-refractivity contribution is 5.93. The molecule has 2 aliphatic rings. The van der Waals surface area contributed by atoms with Crippen LogP contribution in [0, 0.1) is 5.41 Å². The molecule has 34 heavy (non-hydrogen) atoms. The molecule has 0 amide bonds. The number of halogens is 1. The van der Waals surface area contributed by atoms with E-state index in [0.717, 1.165) is 33.4 Å². The minimum absolute atomic E-state index is 0.380.